The summed E-state index contributed by atoms with van der Waals surface area (Å²) in [6.45, 7) is 3.66. The number of hydrogen-bond donors (Lipinski definition) is 0. The zero-order valence-corrected chi connectivity index (χ0v) is 18.5. The van der Waals surface area contributed by atoms with Crippen LogP contribution in [0.25, 0.3) is 0 Å². The average molecular weight is 422 g/mol. The van der Waals surface area contributed by atoms with Crippen molar-refractivity contribution in [2.75, 3.05) is 20.0 Å². The third-order valence-corrected chi connectivity index (χ3v) is 7.05. The van der Waals surface area contributed by atoms with Crippen LogP contribution >= 0.6 is 11.8 Å². The fraction of sp³-hybridized carbons (Fsp3) is 0.636. The molecule has 3 rings (SSSR count). The number of ether oxygens (including phenoxy) is 3. The van der Waals surface area contributed by atoms with E-state index in [4.69, 9.17) is 14.2 Å². The van der Waals surface area contributed by atoms with E-state index in [0.29, 0.717) is 28.7 Å². The van der Waals surface area contributed by atoms with Crippen molar-refractivity contribution in [3.8, 4) is 11.5 Å². The lowest BCUT2D eigenvalue weighted by Gasteiger charge is -2.35. The number of carbonyl (C=O) groups excluding carboxylic acids is 2. The van der Waals surface area contributed by atoms with Crippen molar-refractivity contribution in [1.82, 2.24) is 4.90 Å². The van der Waals surface area contributed by atoms with E-state index in [2.05, 4.69) is 0 Å². The van der Waals surface area contributed by atoms with E-state index in [1.54, 1.807) is 42.0 Å². The smallest absolute Gasteiger partial charge is 0.330 e. The molecule has 2 aliphatic rings. The lowest BCUT2D eigenvalue weighted by molar-refractivity contribution is -0.152. The Kier molecular flexibility index (Phi) is 7.33. The van der Waals surface area contributed by atoms with Crippen LogP contribution in [-0.2, 0) is 9.53 Å². The highest BCUT2D eigenvalue weighted by atomic mass is 32.2. The second kappa shape index (κ2) is 9.74. The molecular weight excluding hydrogens is 390 g/mol. The van der Waals surface area contributed by atoms with Gasteiger partial charge in [-0.1, -0.05) is 19.3 Å². The third kappa shape index (κ3) is 4.82. The summed E-state index contributed by atoms with van der Waals surface area (Å²) in [6, 6.07) is 4.59. The number of carbonyl (C=O) groups is 2. The molecule has 1 aromatic rings. The van der Waals surface area contributed by atoms with Gasteiger partial charge in [0.2, 0.25) is 0 Å². The molecule has 7 heteroatoms. The highest BCUT2D eigenvalue weighted by molar-refractivity contribution is 8.00. The summed E-state index contributed by atoms with van der Waals surface area (Å²) in [5.74, 6) is 1.52. The highest BCUT2D eigenvalue weighted by Gasteiger charge is 2.46. The molecule has 1 amide bonds. The van der Waals surface area contributed by atoms with Crippen LogP contribution in [0.4, 0.5) is 0 Å². The first kappa shape index (κ1) is 21.8. The van der Waals surface area contributed by atoms with Gasteiger partial charge in [0, 0.05) is 11.8 Å². The second-order valence-corrected chi connectivity index (χ2v) is 9.05. The van der Waals surface area contributed by atoms with Crippen molar-refractivity contribution < 1.29 is 23.8 Å². The monoisotopic (exact) mass is 421 g/mol. The Labute approximate surface area is 177 Å². The predicted molar refractivity (Wildman–Crippen MR) is 114 cm³/mol. The molecule has 6 nitrogen and oxygen atoms in total. The Morgan fingerprint density at radius 3 is 2.45 bits per heavy atom. The van der Waals surface area contributed by atoms with Crippen LogP contribution < -0.4 is 9.47 Å². The van der Waals surface area contributed by atoms with Crippen molar-refractivity contribution in [2.24, 2.45) is 5.92 Å². The lowest BCUT2D eigenvalue weighted by atomic mass is 9.88. The minimum atomic E-state index is -0.575. The van der Waals surface area contributed by atoms with Crippen LogP contribution in [-0.4, -0.2) is 54.3 Å². The maximum atomic E-state index is 13.7. The number of rotatable bonds is 6. The van der Waals surface area contributed by atoms with Crippen LogP contribution in [0.3, 0.4) is 0 Å². The van der Waals surface area contributed by atoms with E-state index >= 15 is 0 Å². The number of amides is 1. The fourth-order valence-corrected chi connectivity index (χ4v) is 5.80. The molecule has 2 fully saturated rings. The van der Waals surface area contributed by atoms with E-state index in [9.17, 15) is 9.59 Å². The largest absolute Gasteiger partial charge is 0.497 e. The summed E-state index contributed by atoms with van der Waals surface area (Å²) in [5.41, 5.74) is 0.443. The first-order valence-electron chi connectivity index (χ1n) is 10.3. The van der Waals surface area contributed by atoms with Gasteiger partial charge in [0.15, 0.2) is 0 Å². The van der Waals surface area contributed by atoms with Crippen molar-refractivity contribution in [3.05, 3.63) is 23.8 Å². The Morgan fingerprint density at radius 1 is 1.10 bits per heavy atom. The number of nitrogens with zero attached hydrogens (tertiary/aromatic N) is 1. The first-order chi connectivity index (χ1) is 14.0. The van der Waals surface area contributed by atoms with Crippen LogP contribution in [0.2, 0.25) is 0 Å². The molecule has 29 heavy (non-hydrogen) atoms. The molecule has 1 saturated carbocycles. The van der Waals surface area contributed by atoms with Crippen molar-refractivity contribution in [1.29, 1.82) is 0 Å². The van der Waals surface area contributed by atoms with Crippen molar-refractivity contribution in [2.45, 2.75) is 63.5 Å². The Hall–Kier alpha value is -1.89. The van der Waals surface area contributed by atoms with Gasteiger partial charge in [0.05, 0.1) is 31.3 Å². The van der Waals surface area contributed by atoms with Crippen LogP contribution in [0.15, 0.2) is 18.2 Å². The van der Waals surface area contributed by atoms with Gasteiger partial charge in [-0.25, -0.2) is 4.79 Å². The van der Waals surface area contributed by atoms with Crippen molar-refractivity contribution in [3.63, 3.8) is 0 Å². The van der Waals surface area contributed by atoms with Crippen LogP contribution in [0.5, 0.6) is 11.5 Å². The van der Waals surface area contributed by atoms with E-state index in [-0.39, 0.29) is 23.4 Å². The zero-order valence-electron chi connectivity index (χ0n) is 17.7. The maximum absolute atomic E-state index is 13.7. The van der Waals surface area contributed by atoms with Crippen molar-refractivity contribution >= 4 is 23.6 Å². The number of methoxy groups -OCH3 is 2. The summed E-state index contributed by atoms with van der Waals surface area (Å²) >= 11 is 1.70. The molecule has 1 aromatic carbocycles. The van der Waals surface area contributed by atoms with Gasteiger partial charge in [-0.15, -0.1) is 11.8 Å². The fourth-order valence-electron chi connectivity index (χ4n) is 4.17. The minimum absolute atomic E-state index is 0.0145. The number of hydrogen-bond acceptors (Lipinski definition) is 6. The lowest BCUT2D eigenvalue weighted by Crippen LogP contribution is -2.49. The highest BCUT2D eigenvalue weighted by Crippen LogP contribution is 2.42. The van der Waals surface area contributed by atoms with Gasteiger partial charge in [-0.3, -0.25) is 4.79 Å². The normalized spacial score (nSPS) is 22.6. The van der Waals surface area contributed by atoms with Gasteiger partial charge in [0.1, 0.15) is 17.5 Å². The number of thioether (sulfide) groups is 1. The molecule has 0 radical (unpaired) electrons. The van der Waals surface area contributed by atoms with E-state index in [1.807, 2.05) is 13.8 Å². The summed E-state index contributed by atoms with van der Waals surface area (Å²) in [4.78, 5) is 28.2. The maximum Gasteiger partial charge on any atom is 0.330 e. The molecule has 0 N–H and O–H groups in total. The van der Waals surface area contributed by atoms with Gasteiger partial charge in [0.25, 0.3) is 5.91 Å². The third-order valence-electron chi connectivity index (χ3n) is 5.59. The zero-order chi connectivity index (χ0) is 21.0. The van der Waals surface area contributed by atoms with Crippen LogP contribution in [0, 0.1) is 5.92 Å². The molecule has 1 heterocycles. The van der Waals surface area contributed by atoms with Gasteiger partial charge < -0.3 is 19.1 Å². The number of esters is 1. The SMILES string of the molecule is COc1ccc(C(=O)N2[C@@H](C(=O)OC(C)C)CS[C@H]2C2CCCCC2)c(OC)c1. The van der Waals surface area contributed by atoms with Crippen LogP contribution in [0.1, 0.15) is 56.3 Å². The molecule has 1 saturated heterocycles. The van der Waals surface area contributed by atoms with Gasteiger partial charge >= 0.3 is 5.97 Å². The number of benzene rings is 1. The standard InChI is InChI=1S/C22H31NO5S/c1-14(2)28-22(25)18-13-29-21(15-8-6-5-7-9-15)23(18)20(24)17-11-10-16(26-3)12-19(17)27-4/h10-12,14-15,18,21H,5-9,13H2,1-4H3/t18-,21+/m1/s1. The quantitative estimate of drug-likeness (QED) is 0.644. The Bertz CT molecular complexity index is 732. The summed E-state index contributed by atoms with van der Waals surface area (Å²) in [7, 11) is 3.11. The predicted octanol–water partition coefficient (Wildman–Crippen LogP) is 4.12. The topological polar surface area (TPSA) is 65.1 Å². The Morgan fingerprint density at radius 2 is 1.83 bits per heavy atom. The molecule has 0 aromatic heterocycles. The molecule has 2 atom stereocenters. The average Bonchev–Trinajstić information content (AvgIpc) is 3.18. The minimum Gasteiger partial charge on any atom is -0.497 e. The molecular formula is C22H31NO5S. The van der Waals surface area contributed by atoms with Gasteiger partial charge in [-0.05, 0) is 44.7 Å². The molecule has 0 spiro atoms. The van der Waals surface area contributed by atoms with E-state index in [1.165, 1.54) is 26.4 Å². The van der Waals surface area contributed by atoms with E-state index < -0.39 is 6.04 Å². The summed E-state index contributed by atoms with van der Waals surface area (Å²) in [6.07, 6.45) is 5.56. The molecule has 0 bridgehead atoms. The molecule has 0 unspecified atom stereocenters. The summed E-state index contributed by atoms with van der Waals surface area (Å²) in [5, 5.41) is -0.0145. The molecule has 160 valence electrons. The van der Waals surface area contributed by atoms with Gasteiger partial charge in [-0.2, -0.15) is 0 Å². The van der Waals surface area contributed by atoms with E-state index in [0.717, 1.165) is 12.8 Å². The summed E-state index contributed by atoms with van der Waals surface area (Å²) < 4.78 is 16.2. The molecule has 1 aliphatic heterocycles. The second-order valence-electron chi connectivity index (χ2n) is 7.90. The Balaban J connectivity index is 1.93. The first-order valence-corrected chi connectivity index (χ1v) is 11.4. The molecule has 1 aliphatic carbocycles.